The molecule has 2 aromatic rings. The summed E-state index contributed by atoms with van der Waals surface area (Å²) < 4.78 is 2.44. The number of halogens is 1. The first kappa shape index (κ1) is 17.8. The maximum atomic E-state index is 6.35. The van der Waals surface area contributed by atoms with Crippen molar-refractivity contribution in [2.75, 3.05) is 13.1 Å². The lowest BCUT2D eigenvalue weighted by Crippen LogP contribution is -2.30. The largest absolute Gasteiger partial charge is 0.349 e. The first-order valence-electron chi connectivity index (χ1n) is 9.97. The minimum Gasteiger partial charge on any atom is -0.349 e. The third-order valence-electron chi connectivity index (χ3n) is 5.91. The number of benzene rings is 1. The van der Waals surface area contributed by atoms with Crippen molar-refractivity contribution in [2.24, 2.45) is 4.99 Å². The maximum Gasteiger partial charge on any atom is 0.0867 e. The van der Waals surface area contributed by atoms with Crippen molar-refractivity contribution in [3.8, 4) is 0 Å². The summed E-state index contributed by atoms with van der Waals surface area (Å²) in [6, 6.07) is 8.87. The van der Waals surface area contributed by atoms with Crippen LogP contribution in [-0.2, 0) is 25.8 Å². The van der Waals surface area contributed by atoms with E-state index in [-0.39, 0.29) is 0 Å². The number of aliphatic imine (C=N–C) groups is 1. The molecule has 0 spiro atoms. The van der Waals surface area contributed by atoms with Gasteiger partial charge in [-0.2, -0.15) is 0 Å². The van der Waals surface area contributed by atoms with Gasteiger partial charge in [0.05, 0.1) is 5.69 Å². The zero-order chi connectivity index (χ0) is 17.9. The zero-order valence-electron chi connectivity index (χ0n) is 15.6. The summed E-state index contributed by atoms with van der Waals surface area (Å²) in [6.45, 7) is 5.66. The second kappa shape index (κ2) is 7.98. The first-order chi connectivity index (χ1) is 12.8. The summed E-state index contributed by atoms with van der Waals surface area (Å²) in [5, 5.41) is 0.872. The van der Waals surface area contributed by atoms with Crippen LogP contribution in [0.15, 0.2) is 35.5 Å². The van der Waals surface area contributed by atoms with E-state index in [0.717, 1.165) is 43.8 Å². The van der Waals surface area contributed by atoms with Crippen LogP contribution in [0.25, 0.3) is 0 Å². The van der Waals surface area contributed by atoms with Crippen LogP contribution >= 0.6 is 11.6 Å². The molecule has 1 fully saturated rings. The molecule has 1 aromatic carbocycles. The highest BCUT2D eigenvalue weighted by Crippen LogP contribution is 2.34. The van der Waals surface area contributed by atoms with Crippen molar-refractivity contribution < 1.29 is 0 Å². The molecule has 1 aromatic heterocycles. The number of likely N-dealkylation sites (tertiary alicyclic amines) is 1. The molecule has 0 amide bonds. The highest BCUT2D eigenvalue weighted by atomic mass is 35.5. The van der Waals surface area contributed by atoms with E-state index in [1.165, 1.54) is 41.9 Å². The van der Waals surface area contributed by atoms with Crippen LogP contribution in [0.3, 0.4) is 0 Å². The van der Waals surface area contributed by atoms with Gasteiger partial charge in [-0.05, 0) is 68.8 Å². The van der Waals surface area contributed by atoms with Gasteiger partial charge in [0.25, 0.3) is 0 Å². The maximum absolute atomic E-state index is 6.35. The van der Waals surface area contributed by atoms with Crippen LogP contribution in [-0.4, -0.2) is 34.8 Å². The molecule has 3 heterocycles. The standard InChI is InChI=1S/C22H28ClN3/c1-2-25-13-6-8-19(25)15-18-16-26(21-10-5-12-24-22(18)21)14-11-17-7-3-4-9-20(17)23/h3-4,7,9,12,16,19H,2,5-6,8,10-11,13-15H2,1H3. The van der Waals surface area contributed by atoms with Crippen LogP contribution < -0.4 is 0 Å². The number of aromatic nitrogens is 1. The van der Waals surface area contributed by atoms with E-state index in [9.17, 15) is 0 Å². The summed E-state index contributed by atoms with van der Waals surface area (Å²) in [6.07, 6.45) is 11.4. The fourth-order valence-electron chi connectivity index (χ4n) is 4.51. The number of aryl methyl sites for hydroxylation is 2. The van der Waals surface area contributed by atoms with E-state index in [0.29, 0.717) is 6.04 Å². The minimum absolute atomic E-state index is 0.681. The number of hydrogen-bond acceptors (Lipinski definition) is 2. The summed E-state index contributed by atoms with van der Waals surface area (Å²) in [4.78, 5) is 7.41. The van der Waals surface area contributed by atoms with E-state index in [1.54, 1.807) is 0 Å². The molecule has 0 aliphatic carbocycles. The van der Waals surface area contributed by atoms with Crippen LogP contribution in [0.2, 0.25) is 5.02 Å². The molecule has 3 nitrogen and oxygen atoms in total. The summed E-state index contributed by atoms with van der Waals surface area (Å²) in [7, 11) is 0. The minimum atomic E-state index is 0.681. The predicted molar refractivity (Wildman–Crippen MR) is 110 cm³/mol. The lowest BCUT2D eigenvalue weighted by atomic mass is 10.0. The Hall–Kier alpha value is -1.58. The normalized spacial score (nSPS) is 19.8. The van der Waals surface area contributed by atoms with Gasteiger partial charge in [-0.25, -0.2) is 0 Å². The predicted octanol–water partition coefficient (Wildman–Crippen LogP) is 5.06. The van der Waals surface area contributed by atoms with Crippen LogP contribution in [0.1, 0.15) is 43.0 Å². The van der Waals surface area contributed by atoms with Gasteiger partial charge in [0.15, 0.2) is 0 Å². The zero-order valence-corrected chi connectivity index (χ0v) is 16.4. The molecule has 0 N–H and O–H groups in total. The Labute approximate surface area is 161 Å². The van der Waals surface area contributed by atoms with Crippen molar-refractivity contribution in [2.45, 2.75) is 58.0 Å². The van der Waals surface area contributed by atoms with Gasteiger partial charge in [0.2, 0.25) is 0 Å². The van der Waals surface area contributed by atoms with Gasteiger partial charge in [-0.15, -0.1) is 0 Å². The number of likely N-dealkylation sites (N-methyl/N-ethyl adjacent to an activating group) is 1. The molecule has 4 rings (SSSR count). The average Bonchev–Trinajstić information content (AvgIpc) is 3.26. The van der Waals surface area contributed by atoms with Gasteiger partial charge in [-0.1, -0.05) is 36.7 Å². The molecule has 0 bridgehead atoms. The Bertz CT molecular complexity index is 793. The fourth-order valence-corrected chi connectivity index (χ4v) is 4.74. The molecular weight excluding hydrogens is 342 g/mol. The lowest BCUT2D eigenvalue weighted by molar-refractivity contribution is 0.266. The van der Waals surface area contributed by atoms with Gasteiger partial charge in [0, 0.05) is 35.7 Å². The molecule has 0 radical (unpaired) electrons. The molecule has 1 unspecified atom stereocenters. The summed E-state index contributed by atoms with van der Waals surface area (Å²) in [5.41, 5.74) is 5.32. The smallest absolute Gasteiger partial charge is 0.0867 e. The lowest BCUT2D eigenvalue weighted by Gasteiger charge is -2.22. The van der Waals surface area contributed by atoms with Crippen molar-refractivity contribution >= 4 is 23.5 Å². The Morgan fingerprint density at radius 1 is 1.23 bits per heavy atom. The van der Waals surface area contributed by atoms with E-state index in [2.05, 4.69) is 40.9 Å². The molecule has 2 aliphatic rings. The number of fused-ring (bicyclic) bond motifs is 1. The first-order valence-corrected chi connectivity index (χ1v) is 10.3. The second-order valence-electron chi connectivity index (χ2n) is 7.46. The van der Waals surface area contributed by atoms with Crippen molar-refractivity contribution in [3.63, 3.8) is 0 Å². The van der Waals surface area contributed by atoms with Gasteiger partial charge in [-0.3, -0.25) is 4.99 Å². The van der Waals surface area contributed by atoms with Gasteiger partial charge in [0.1, 0.15) is 0 Å². The van der Waals surface area contributed by atoms with Crippen molar-refractivity contribution in [1.29, 1.82) is 0 Å². The molecule has 138 valence electrons. The van der Waals surface area contributed by atoms with E-state index >= 15 is 0 Å². The van der Waals surface area contributed by atoms with Crippen LogP contribution in [0.4, 0.5) is 5.69 Å². The average molecular weight is 370 g/mol. The monoisotopic (exact) mass is 369 g/mol. The van der Waals surface area contributed by atoms with E-state index in [4.69, 9.17) is 16.6 Å². The Morgan fingerprint density at radius 2 is 2.12 bits per heavy atom. The highest BCUT2D eigenvalue weighted by molar-refractivity contribution is 6.31. The molecule has 4 heteroatoms. The third-order valence-corrected chi connectivity index (χ3v) is 6.28. The molecule has 1 atom stereocenters. The summed E-state index contributed by atoms with van der Waals surface area (Å²) in [5.74, 6) is 0. The van der Waals surface area contributed by atoms with Crippen LogP contribution in [0.5, 0.6) is 0 Å². The molecule has 26 heavy (non-hydrogen) atoms. The molecule has 1 saturated heterocycles. The van der Waals surface area contributed by atoms with Crippen molar-refractivity contribution in [1.82, 2.24) is 9.47 Å². The Kier molecular flexibility index (Phi) is 5.46. The third kappa shape index (κ3) is 3.60. The van der Waals surface area contributed by atoms with Gasteiger partial charge >= 0.3 is 0 Å². The molecular formula is C22H28ClN3. The quantitative estimate of drug-likeness (QED) is 0.697. The van der Waals surface area contributed by atoms with Gasteiger partial charge < -0.3 is 9.47 Å². The van der Waals surface area contributed by atoms with Crippen LogP contribution in [0, 0.1) is 0 Å². The number of rotatable bonds is 6. The molecule has 2 aliphatic heterocycles. The fraction of sp³-hybridized carbons (Fsp3) is 0.500. The summed E-state index contributed by atoms with van der Waals surface area (Å²) >= 11 is 6.35. The Morgan fingerprint density at radius 3 is 2.96 bits per heavy atom. The second-order valence-corrected chi connectivity index (χ2v) is 7.87. The Balaban J connectivity index is 1.55. The van der Waals surface area contributed by atoms with E-state index < -0.39 is 0 Å². The topological polar surface area (TPSA) is 20.5 Å². The van der Waals surface area contributed by atoms with Crippen molar-refractivity contribution in [3.05, 3.63) is 52.3 Å². The van der Waals surface area contributed by atoms with E-state index in [1.807, 2.05) is 12.1 Å². The number of hydrogen-bond donors (Lipinski definition) is 0. The number of nitrogens with zero attached hydrogens (tertiary/aromatic N) is 3. The SMILES string of the molecule is CCN1CCCC1Cc1cn(CCc2ccccc2Cl)c2c1N=CCC2. The highest BCUT2D eigenvalue weighted by Gasteiger charge is 2.26. The molecule has 0 saturated carbocycles.